The summed E-state index contributed by atoms with van der Waals surface area (Å²) in [7, 11) is -0.0533. The van der Waals surface area contributed by atoms with Crippen LogP contribution in [0.1, 0.15) is 5.56 Å². The zero-order chi connectivity index (χ0) is 22.3. The SMILES string of the molecule is CN(C)c1ccc(C=C(C#N)C(=O)OCC(=O)Nc2ccc(S(N)(=O)=O)cc2)cc1. The highest BCUT2D eigenvalue weighted by molar-refractivity contribution is 7.89. The summed E-state index contributed by atoms with van der Waals surface area (Å²) < 4.78 is 27.3. The maximum Gasteiger partial charge on any atom is 0.349 e. The first-order chi connectivity index (χ1) is 14.1. The molecule has 0 unspecified atom stereocenters. The van der Waals surface area contributed by atoms with Crippen molar-refractivity contribution >= 4 is 39.4 Å². The molecule has 30 heavy (non-hydrogen) atoms. The Morgan fingerprint density at radius 2 is 1.73 bits per heavy atom. The van der Waals surface area contributed by atoms with Crippen LogP contribution in [-0.4, -0.2) is 41.0 Å². The van der Waals surface area contributed by atoms with E-state index < -0.39 is 28.5 Å². The van der Waals surface area contributed by atoms with Gasteiger partial charge in [0.15, 0.2) is 6.61 Å². The Morgan fingerprint density at radius 1 is 1.13 bits per heavy atom. The first-order valence-electron chi connectivity index (χ1n) is 8.59. The molecule has 0 fully saturated rings. The van der Waals surface area contributed by atoms with Crippen molar-refractivity contribution in [1.29, 1.82) is 5.26 Å². The van der Waals surface area contributed by atoms with Gasteiger partial charge in [0.1, 0.15) is 11.6 Å². The Hall–Kier alpha value is -3.68. The van der Waals surface area contributed by atoms with E-state index >= 15 is 0 Å². The van der Waals surface area contributed by atoms with E-state index in [2.05, 4.69) is 5.32 Å². The Morgan fingerprint density at radius 3 is 2.23 bits per heavy atom. The number of nitrogens with two attached hydrogens (primary N) is 1. The molecule has 0 aliphatic rings. The molecule has 3 N–H and O–H groups in total. The molecule has 0 saturated carbocycles. The molecule has 0 saturated heterocycles. The number of ether oxygens (including phenoxy) is 1. The minimum Gasteiger partial charge on any atom is -0.451 e. The molecule has 0 heterocycles. The molecule has 9 nitrogen and oxygen atoms in total. The molecular formula is C20H20N4O5S. The third-order valence-electron chi connectivity index (χ3n) is 3.86. The number of rotatable bonds is 7. The van der Waals surface area contributed by atoms with Crippen LogP contribution in [0.5, 0.6) is 0 Å². The first-order valence-corrected chi connectivity index (χ1v) is 10.1. The molecule has 10 heteroatoms. The van der Waals surface area contributed by atoms with Gasteiger partial charge < -0.3 is 15.0 Å². The molecule has 0 atom stereocenters. The van der Waals surface area contributed by atoms with Gasteiger partial charge in [-0.15, -0.1) is 0 Å². The van der Waals surface area contributed by atoms with Gasteiger partial charge in [-0.1, -0.05) is 12.1 Å². The fraction of sp³-hybridized carbons (Fsp3) is 0.150. The number of nitriles is 1. The number of carbonyl (C=O) groups is 2. The molecule has 0 aromatic heterocycles. The lowest BCUT2D eigenvalue weighted by Crippen LogP contribution is -2.21. The van der Waals surface area contributed by atoms with Gasteiger partial charge in [-0.3, -0.25) is 4.79 Å². The average Bonchev–Trinajstić information content (AvgIpc) is 2.70. The van der Waals surface area contributed by atoms with Crippen molar-refractivity contribution in [3.63, 3.8) is 0 Å². The van der Waals surface area contributed by atoms with Gasteiger partial charge in [0, 0.05) is 25.5 Å². The number of primary sulfonamides is 1. The normalized spacial score (nSPS) is 11.3. The van der Waals surface area contributed by atoms with Crippen LogP contribution >= 0.6 is 0 Å². The van der Waals surface area contributed by atoms with Crippen molar-refractivity contribution in [2.75, 3.05) is 30.9 Å². The van der Waals surface area contributed by atoms with E-state index in [1.807, 2.05) is 31.1 Å². The van der Waals surface area contributed by atoms with E-state index in [-0.39, 0.29) is 10.5 Å². The van der Waals surface area contributed by atoms with Crippen LogP contribution in [0.2, 0.25) is 0 Å². The molecule has 2 rings (SSSR count). The second-order valence-corrected chi connectivity index (χ2v) is 7.91. The van der Waals surface area contributed by atoms with Crippen LogP contribution in [0.25, 0.3) is 6.08 Å². The molecule has 0 bridgehead atoms. The number of nitrogens with one attached hydrogen (secondary N) is 1. The van der Waals surface area contributed by atoms with E-state index in [4.69, 9.17) is 9.88 Å². The summed E-state index contributed by atoms with van der Waals surface area (Å²) in [4.78, 5) is 25.8. The maximum absolute atomic E-state index is 12.1. The molecule has 1 amide bonds. The molecule has 0 radical (unpaired) electrons. The first kappa shape index (κ1) is 22.6. The van der Waals surface area contributed by atoms with Gasteiger partial charge >= 0.3 is 5.97 Å². The highest BCUT2D eigenvalue weighted by Gasteiger charge is 2.14. The highest BCUT2D eigenvalue weighted by atomic mass is 32.2. The zero-order valence-electron chi connectivity index (χ0n) is 16.3. The van der Waals surface area contributed by atoms with E-state index in [9.17, 15) is 23.3 Å². The molecule has 0 aliphatic carbocycles. The van der Waals surface area contributed by atoms with Crippen molar-refractivity contribution in [2.24, 2.45) is 5.14 Å². The third-order valence-corrected chi connectivity index (χ3v) is 4.79. The predicted molar refractivity (Wildman–Crippen MR) is 112 cm³/mol. The average molecular weight is 428 g/mol. The second-order valence-electron chi connectivity index (χ2n) is 6.35. The van der Waals surface area contributed by atoms with Gasteiger partial charge in [-0.25, -0.2) is 18.4 Å². The van der Waals surface area contributed by atoms with Gasteiger partial charge in [-0.2, -0.15) is 5.26 Å². The van der Waals surface area contributed by atoms with Gasteiger partial charge in [-0.05, 0) is 48.0 Å². The van der Waals surface area contributed by atoms with Gasteiger partial charge in [0.25, 0.3) is 5.91 Å². The Bertz CT molecular complexity index is 1100. The van der Waals surface area contributed by atoms with Crippen molar-refractivity contribution in [1.82, 2.24) is 0 Å². The molecule has 2 aromatic rings. The van der Waals surface area contributed by atoms with Crippen LogP contribution in [0.4, 0.5) is 11.4 Å². The van der Waals surface area contributed by atoms with Crippen molar-refractivity contribution < 1.29 is 22.7 Å². The van der Waals surface area contributed by atoms with Crippen LogP contribution in [-0.2, 0) is 24.3 Å². The summed E-state index contributed by atoms with van der Waals surface area (Å²) in [6.07, 6.45) is 1.37. The maximum atomic E-state index is 12.1. The van der Waals surface area contributed by atoms with E-state index in [1.165, 1.54) is 30.3 Å². The number of hydrogen-bond acceptors (Lipinski definition) is 7. The number of hydrogen-bond donors (Lipinski definition) is 2. The highest BCUT2D eigenvalue weighted by Crippen LogP contribution is 2.15. The topological polar surface area (TPSA) is 143 Å². The molecule has 2 aromatic carbocycles. The lowest BCUT2D eigenvalue weighted by Gasteiger charge is -2.11. The summed E-state index contributed by atoms with van der Waals surface area (Å²) in [5.74, 6) is -1.59. The van der Waals surface area contributed by atoms with Crippen molar-refractivity contribution in [2.45, 2.75) is 4.90 Å². The molecule has 0 spiro atoms. The van der Waals surface area contributed by atoms with E-state index in [0.717, 1.165) is 5.69 Å². The summed E-state index contributed by atoms with van der Waals surface area (Å²) in [5, 5.41) is 16.6. The van der Waals surface area contributed by atoms with Crippen molar-refractivity contribution in [3.8, 4) is 6.07 Å². The second kappa shape index (κ2) is 9.69. The van der Waals surface area contributed by atoms with Crippen LogP contribution in [0.15, 0.2) is 59.0 Å². The predicted octanol–water partition coefficient (Wildman–Crippen LogP) is 1.49. The standard InChI is InChI=1S/C20H20N4O5S/c1-24(2)17-7-3-14(4-8-17)11-15(12-21)20(26)29-13-19(25)23-16-5-9-18(10-6-16)30(22,27)28/h3-11H,13H2,1-2H3,(H,23,25)(H2,22,27,28). The minimum atomic E-state index is -3.84. The van der Waals surface area contributed by atoms with Gasteiger partial charge in [0.2, 0.25) is 10.0 Å². The Labute approximate surface area is 174 Å². The quantitative estimate of drug-likeness (QED) is 0.386. The fourth-order valence-corrected chi connectivity index (χ4v) is 2.82. The molecular weight excluding hydrogens is 408 g/mol. The zero-order valence-corrected chi connectivity index (χ0v) is 17.1. The summed E-state index contributed by atoms with van der Waals surface area (Å²) in [6, 6.07) is 14.1. The van der Waals surface area contributed by atoms with Crippen LogP contribution < -0.4 is 15.4 Å². The van der Waals surface area contributed by atoms with Crippen molar-refractivity contribution in [3.05, 3.63) is 59.7 Å². The number of benzene rings is 2. The fourth-order valence-electron chi connectivity index (χ4n) is 2.31. The number of anilines is 2. The lowest BCUT2D eigenvalue weighted by molar-refractivity contribution is -0.142. The minimum absolute atomic E-state index is 0.102. The largest absolute Gasteiger partial charge is 0.451 e. The molecule has 0 aliphatic heterocycles. The van der Waals surface area contributed by atoms with Gasteiger partial charge in [0.05, 0.1) is 4.90 Å². The lowest BCUT2D eigenvalue weighted by atomic mass is 10.1. The van der Waals surface area contributed by atoms with E-state index in [0.29, 0.717) is 11.3 Å². The number of carbonyl (C=O) groups excluding carboxylic acids is 2. The van der Waals surface area contributed by atoms with E-state index in [1.54, 1.807) is 18.2 Å². The Kier molecular flexibility index (Phi) is 7.30. The summed E-state index contributed by atoms with van der Waals surface area (Å²) in [6.45, 7) is -0.617. The summed E-state index contributed by atoms with van der Waals surface area (Å²) in [5.41, 5.74) is 1.63. The number of sulfonamides is 1. The number of esters is 1. The number of amides is 1. The van der Waals surface area contributed by atoms with Crippen LogP contribution in [0.3, 0.4) is 0 Å². The Balaban J connectivity index is 1.95. The monoisotopic (exact) mass is 428 g/mol. The smallest absolute Gasteiger partial charge is 0.349 e. The molecule has 156 valence electrons. The van der Waals surface area contributed by atoms with Crippen LogP contribution in [0, 0.1) is 11.3 Å². The third kappa shape index (κ3) is 6.44. The summed E-state index contributed by atoms with van der Waals surface area (Å²) >= 11 is 0. The number of nitrogens with zero attached hydrogens (tertiary/aromatic N) is 2.